The van der Waals surface area contributed by atoms with E-state index < -0.39 is 12.6 Å². The molecule has 0 spiro atoms. The van der Waals surface area contributed by atoms with Gasteiger partial charge in [0.2, 0.25) is 0 Å². The normalized spacial score (nSPS) is 12.8. The monoisotopic (exact) mass is 240 g/mol. The van der Waals surface area contributed by atoms with E-state index in [4.69, 9.17) is 0 Å². The number of nitrogens with one attached hydrogen (secondary N) is 1. The zero-order valence-electron chi connectivity index (χ0n) is 10.4. The largest absolute Gasteiger partial charge is 0.390 e. The van der Waals surface area contributed by atoms with Crippen LogP contribution in [0, 0.1) is 5.92 Å². The smallest absolute Gasteiger partial charge is 0.315 e. The minimum absolute atomic E-state index is 0.0787. The predicted molar refractivity (Wildman–Crippen MR) is 60.5 cm³/mol. The number of alkyl halides is 3. The van der Waals surface area contributed by atoms with Crippen molar-refractivity contribution in [3.05, 3.63) is 0 Å². The van der Waals surface area contributed by atoms with E-state index in [9.17, 15) is 13.2 Å². The van der Waals surface area contributed by atoms with Crippen LogP contribution in [-0.2, 0) is 0 Å². The fourth-order valence-electron chi connectivity index (χ4n) is 1.22. The van der Waals surface area contributed by atoms with Crippen molar-refractivity contribution in [3.8, 4) is 0 Å². The van der Waals surface area contributed by atoms with Gasteiger partial charge in [0.25, 0.3) is 0 Å². The Bertz CT molecular complexity index is 169. The van der Waals surface area contributed by atoms with Crippen LogP contribution in [0.4, 0.5) is 13.2 Å². The Morgan fingerprint density at radius 2 is 1.75 bits per heavy atom. The molecule has 2 nitrogen and oxygen atoms in total. The second-order valence-electron chi connectivity index (χ2n) is 4.60. The van der Waals surface area contributed by atoms with Gasteiger partial charge in [0.15, 0.2) is 0 Å². The average Bonchev–Trinajstić information content (AvgIpc) is 2.12. The van der Waals surface area contributed by atoms with E-state index in [1.54, 1.807) is 11.9 Å². The first-order valence-corrected chi connectivity index (χ1v) is 5.77. The lowest BCUT2D eigenvalue weighted by atomic mass is 10.1. The molecule has 0 bridgehead atoms. The molecule has 0 fully saturated rings. The Hall–Kier alpha value is -0.290. The Balaban J connectivity index is 3.34. The standard InChI is InChI=1S/C11H23F3N2/c1-10(2)4-6-15-7-9-16(3)8-5-11(12,13)14/h10,15H,4-9H2,1-3H3. The van der Waals surface area contributed by atoms with Gasteiger partial charge in [-0.3, -0.25) is 0 Å². The number of halogens is 3. The molecule has 0 saturated carbocycles. The van der Waals surface area contributed by atoms with Crippen molar-refractivity contribution in [3.63, 3.8) is 0 Å². The van der Waals surface area contributed by atoms with E-state index in [1.165, 1.54) is 0 Å². The van der Waals surface area contributed by atoms with E-state index in [0.717, 1.165) is 19.5 Å². The summed E-state index contributed by atoms with van der Waals surface area (Å²) in [7, 11) is 1.72. The van der Waals surface area contributed by atoms with Crippen molar-refractivity contribution in [2.24, 2.45) is 5.92 Å². The van der Waals surface area contributed by atoms with Gasteiger partial charge in [-0.05, 0) is 25.9 Å². The van der Waals surface area contributed by atoms with Crippen LogP contribution in [0.25, 0.3) is 0 Å². The van der Waals surface area contributed by atoms with Gasteiger partial charge in [0.05, 0.1) is 6.42 Å². The number of rotatable bonds is 8. The maximum Gasteiger partial charge on any atom is 0.390 e. The zero-order valence-corrected chi connectivity index (χ0v) is 10.4. The predicted octanol–water partition coefficient (Wildman–Crippen LogP) is 2.51. The van der Waals surface area contributed by atoms with Crippen LogP contribution in [0.2, 0.25) is 0 Å². The topological polar surface area (TPSA) is 15.3 Å². The lowest BCUT2D eigenvalue weighted by Crippen LogP contribution is -2.32. The van der Waals surface area contributed by atoms with Crippen LogP contribution in [0.1, 0.15) is 26.7 Å². The van der Waals surface area contributed by atoms with Crippen molar-refractivity contribution >= 4 is 0 Å². The summed E-state index contributed by atoms with van der Waals surface area (Å²) in [5.41, 5.74) is 0. The summed E-state index contributed by atoms with van der Waals surface area (Å²) in [6, 6.07) is 0. The lowest BCUT2D eigenvalue weighted by Gasteiger charge is -2.18. The van der Waals surface area contributed by atoms with E-state index >= 15 is 0 Å². The maximum atomic E-state index is 11.9. The fourth-order valence-corrected chi connectivity index (χ4v) is 1.22. The molecule has 0 aromatic heterocycles. The minimum Gasteiger partial charge on any atom is -0.315 e. The molecule has 0 heterocycles. The highest BCUT2D eigenvalue weighted by molar-refractivity contribution is 4.59. The highest BCUT2D eigenvalue weighted by atomic mass is 19.4. The molecule has 0 radical (unpaired) electrons. The van der Waals surface area contributed by atoms with Gasteiger partial charge in [-0.15, -0.1) is 0 Å². The van der Waals surface area contributed by atoms with Crippen LogP contribution < -0.4 is 5.32 Å². The summed E-state index contributed by atoms with van der Waals surface area (Å²) >= 11 is 0. The molecule has 0 aliphatic carbocycles. The molecule has 0 rings (SSSR count). The van der Waals surface area contributed by atoms with E-state index in [1.807, 2.05) is 0 Å². The van der Waals surface area contributed by atoms with Crippen LogP contribution in [0.15, 0.2) is 0 Å². The van der Waals surface area contributed by atoms with Gasteiger partial charge in [-0.1, -0.05) is 13.8 Å². The number of likely N-dealkylation sites (N-methyl/N-ethyl adjacent to an activating group) is 1. The van der Waals surface area contributed by atoms with E-state index in [0.29, 0.717) is 12.5 Å². The molecule has 0 atom stereocenters. The Morgan fingerprint density at radius 1 is 1.12 bits per heavy atom. The summed E-state index contributed by atoms with van der Waals surface area (Å²) in [6.45, 7) is 6.73. The summed E-state index contributed by atoms with van der Waals surface area (Å²) in [6.07, 6.45) is -3.67. The van der Waals surface area contributed by atoms with Crippen LogP contribution in [0.5, 0.6) is 0 Å². The second-order valence-corrected chi connectivity index (χ2v) is 4.60. The second kappa shape index (κ2) is 7.90. The van der Waals surface area contributed by atoms with Crippen LogP contribution >= 0.6 is 0 Å². The molecule has 0 aromatic carbocycles. The summed E-state index contributed by atoms with van der Waals surface area (Å²) in [5, 5.41) is 3.22. The third-order valence-electron chi connectivity index (χ3n) is 2.35. The number of nitrogens with zero attached hydrogens (tertiary/aromatic N) is 1. The molecule has 0 amide bonds. The molecular formula is C11H23F3N2. The van der Waals surface area contributed by atoms with Gasteiger partial charge in [-0.25, -0.2) is 0 Å². The zero-order chi connectivity index (χ0) is 12.6. The molecule has 0 aromatic rings. The number of hydrogen-bond donors (Lipinski definition) is 1. The van der Waals surface area contributed by atoms with Crippen molar-refractivity contribution < 1.29 is 13.2 Å². The molecule has 0 aliphatic rings. The SMILES string of the molecule is CC(C)CCNCCN(C)CCC(F)(F)F. The quantitative estimate of drug-likeness (QED) is 0.656. The van der Waals surface area contributed by atoms with E-state index in [2.05, 4.69) is 19.2 Å². The first kappa shape index (κ1) is 15.7. The van der Waals surface area contributed by atoms with Crippen molar-refractivity contribution in [2.75, 3.05) is 33.2 Å². The van der Waals surface area contributed by atoms with Gasteiger partial charge in [-0.2, -0.15) is 13.2 Å². The van der Waals surface area contributed by atoms with Crippen LogP contribution in [-0.4, -0.2) is 44.3 Å². The molecule has 5 heteroatoms. The first-order valence-electron chi connectivity index (χ1n) is 5.77. The Kier molecular flexibility index (Phi) is 7.76. The summed E-state index contributed by atoms with van der Waals surface area (Å²) < 4.78 is 35.7. The fraction of sp³-hybridized carbons (Fsp3) is 1.00. The first-order chi connectivity index (χ1) is 7.31. The van der Waals surface area contributed by atoms with Crippen molar-refractivity contribution in [1.29, 1.82) is 0 Å². The molecule has 0 saturated heterocycles. The third kappa shape index (κ3) is 11.8. The lowest BCUT2D eigenvalue weighted by molar-refractivity contribution is -0.137. The highest BCUT2D eigenvalue weighted by Gasteiger charge is 2.26. The van der Waals surface area contributed by atoms with Gasteiger partial charge in [0, 0.05) is 19.6 Å². The highest BCUT2D eigenvalue weighted by Crippen LogP contribution is 2.19. The van der Waals surface area contributed by atoms with E-state index in [-0.39, 0.29) is 6.54 Å². The Morgan fingerprint density at radius 3 is 2.25 bits per heavy atom. The molecule has 0 unspecified atom stereocenters. The summed E-state index contributed by atoms with van der Waals surface area (Å²) in [4.78, 5) is 1.70. The molecule has 0 aliphatic heterocycles. The Labute approximate surface area is 96.2 Å². The third-order valence-corrected chi connectivity index (χ3v) is 2.35. The number of hydrogen-bond acceptors (Lipinski definition) is 2. The average molecular weight is 240 g/mol. The van der Waals surface area contributed by atoms with Crippen molar-refractivity contribution in [1.82, 2.24) is 10.2 Å². The minimum atomic E-state index is -4.04. The van der Waals surface area contributed by atoms with Gasteiger partial charge in [0.1, 0.15) is 0 Å². The molecule has 16 heavy (non-hydrogen) atoms. The van der Waals surface area contributed by atoms with Gasteiger partial charge >= 0.3 is 6.18 Å². The molecule has 98 valence electrons. The van der Waals surface area contributed by atoms with Crippen molar-refractivity contribution in [2.45, 2.75) is 32.9 Å². The maximum absolute atomic E-state index is 11.9. The van der Waals surface area contributed by atoms with Gasteiger partial charge < -0.3 is 10.2 Å². The molecular weight excluding hydrogens is 217 g/mol. The molecule has 1 N–H and O–H groups in total. The summed E-state index contributed by atoms with van der Waals surface area (Å²) in [5.74, 6) is 0.662. The van der Waals surface area contributed by atoms with Crippen LogP contribution in [0.3, 0.4) is 0 Å².